The molecule has 1 rings (SSSR count). The Kier molecular flexibility index (Phi) is 5.39. The van der Waals surface area contributed by atoms with Gasteiger partial charge in [-0.05, 0) is 46.5 Å². The van der Waals surface area contributed by atoms with Gasteiger partial charge in [0.25, 0.3) is 0 Å². The Morgan fingerprint density at radius 2 is 2.00 bits per heavy atom. The van der Waals surface area contributed by atoms with Crippen LogP contribution in [0.1, 0.15) is 46.1 Å². The van der Waals surface area contributed by atoms with Crippen molar-refractivity contribution >= 4 is 27.5 Å². The van der Waals surface area contributed by atoms with Crippen molar-refractivity contribution in [3.63, 3.8) is 0 Å². The Bertz CT molecular complexity index is 421. The summed E-state index contributed by atoms with van der Waals surface area (Å²) < 4.78 is 0.953. The van der Waals surface area contributed by atoms with Gasteiger partial charge in [-0.25, -0.2) is 0 Å². The van der Waals surface area contributed by atoms with Crippen LogP contribution in [0.15, 0.2) is 22.7 Å². The Labute approximate surface area is 118 Å². The predicted octanol–water partition coefficient (Wildman–Crippen LogP) is 4.78. The molecular weight excluding hydrogens is 290 g/mol. The molecule has 1 aromatic rings. The van der Waals surface area contributed by atoms with Crippen LogP contribution >= 0.6 is 15.9 Å². The highest BCUT2D eigenvalue weighted by atomic mass is 79.9. The fraction of sp³-hybridized carbons (Fsp3) is 0.533. The average Bonchev–Trinajstić information content (AvgIpc) is 2.28. The first-order chi connectivity index (χ1) is 8.34. The zero-order chi connectivity index (χ0) is 13.8. The zero-order valence-corrected chi connectivity index (χ0v) is 13.2. The van der Waals surface area contributed by atoms with Gasteiger partial charge in [-0.15, -0.1) is 0 Å². The number of nitrogens with one attached hydrogen (secondary N) is 1. The van der Waals surface area contributed by atoms with Gasteiger partial charge >= 0.3 is 0 Å². The number of unbranched alkanes of at least 4 members (excludes halogenated alkanes) is 1. The molecule has 0 fully saturated rings. The molecule has 0 saturated carbocycles. The number of carbonyl (C=O) groups is 1. The highest BCUT2D eigenvalue weighted by Crippen LogP contribution is 2.26. The van der Waals surface area contributed by atoms with E-state index in [9.17, 15) is 4.79 Å². The molecule has 0 aliphatic heterocycles. The van der Waals surface area contributed by atoms with Gasteiger partial charge in [0.1, 0.15) is 0 Å². The summed E-state index contributed by atoms with van der Waals surface area (Å²) in [5, 5.41) is 2.95. The number of amides is 1. The Morgan fingerprint density at radius 1 is 1.33 bits per heavy atom. The standard InChI is InChI=1S/C15H22BrNO/c1-5-6-7-11-8-9-13(12(16)10-11)17-14(18)15(2,3)4/h8-10H,5-7H2,1-4H3,(H,17,18). The molecule has 3 heteroatoms. The molecule has 0 aliphatic carbocycles. The number of aryl methyl sites for hydroxylation is 1. The van der Waals surface area contributed by atoms with Crippen LogP contribution in [0.25, 0.3) is 0 Å². The van der Waals surface area contributed by atoms with E-state index in [4.69, 9.17) is 0 Å². The number of hydrogen-bond acceptors (Lipinski definition) is 1. The smallest absolute Gasteiger partial charge is 0.229 e. The summed E-state index contributed by atoms with van der Waals surface area (Å²) in [5.41, 5.74) is 1.77. The number of halogens is 1. The van der Waals surface area contributed by atoms with Crippen molar-refractivity contribution in [2.24, 2.45) is 5.41 Å². The van der Waals surface area contributed by atoms with Crippen LogP contribution in [0.3, 0.4) is 0 Å². The highest BCUT2D eigenvalue weighted by Gasteiger charge is 2.21. The van der Waals surface area contributed by atoms with Gasteiger partial charge in [-0.2, -0.15) is 0 Å². The van der Waals surface area contributed by atoms with Crippen molar-refractivity contribution in [2.45, 2.75) is 47.0 Å². The van der Waals surface area contributed by atoms with E-state index >= 15 is 0 Å². The van der Waals surface area contributed by atoms with Crippen LogP contribution in [0, 0.1) is 5.41 Å². The first-order valence-corrected chi connectivity index (χ1v) is 7.23. The van der Waals surface area contributed by atoms with Gasteiger partial charge in [0.2, 0.25) is 5.91 Å². The van der Waals surface area contributed by atoms with Crippen LogP contribution < -0.4 is 5.32 Å². The molecular formula is C15H22BrNO. The summed E-state index contributed by atoms with van der Waals surface area (Å²) in [6.07, 6.45) is 3.48. The Balaban J connectivity index is 2.77. The second kappa shape index (κ2) is 6.37. The zero-order valence-electron chi connectivity index (χ0n) is 11.6. The van der Waals surface area contributed by atoms with Crippen molar-refractivity contribution in [1.82, 2.24) is 0 Å². The van der Waals surface area contributed by atoms with Crippen LogP contribution in [-0.4, -0.2) is 5.91 Å². The lowest BCUT2D eigenvalue weighted by Crippen LogP contribution is -2.27. The second-order valence-corrected chi connectivity index (χ2v) is 6.48. The van der Waals surface area contributed by atoms with Crippen LogP contribution in [0.4, 0.5) is 5.69 Å². The number of carbonyl (C=O) groups excluding carboxylic acids is 1. The quantitative estimate of drug-likeness (QED) is 0.852. The first-order valence-electron chi connectivity index (χ1n) is 6.44. The topological polar surface area (TPSA) is 29.1 Å². The molecule has 0 atom stereocenters. The van der Waals surface area contributed by atoms with Crippen LogP contribution in [0.5, 0.6) is 0 Å². The largest absolute Gasteiger partial charge is 0.325 e. The third kappa shape index (κ3) is 4.45. The molecule has 0 aromatic heterocycles. The lowest BCUT2D eigenvalue weighted by atomic mass is 9.95. The molecule has 1 amide bonds. The maximum Gasteiger partial charge on any atom is 0.229 e. The lowest BCUT2D eigenvalue weighted by molar-refractivity contribution is -0.123. The van der Waals surface area contributed by atoms with E-state index in [1.807, 2.05) is 26.8 Å². The maximum atomic E-state index is 11.9. The fourth-order valence-electron chi connectivity index (χ4n) is 1.51. The monoisotopic (exact) mass is 311 g/mol. The van der Waals surface area contributed by atoms with Gasteiger partial charge in [-0.1, -0.05) is 40.2 Å². The van der Waals surface area contributed by atoms with E-state index in [0.29, 0.717) is 0 Å². The third-order valence-electron chi connectivity index (χ3n) is 2.78. The van der Waals surface area contributed by atoms with Gasteiger partial charge in [0.05, 0.1) is 5.69 Å². The Morgan fingerprint density at radius 3 is 2.50 bits per heavy atom. The van der Waals surface area contributed by atoms with Gasteiger partial charge < -0.3 is 5.32 Å². The minimum absolute atomic E-state index is 0.0320. The van der Waals surface area contributed by atoms with Crippen molar-refractivity contribution < 1.29 is 4.79 Å². The van der Waals surface area contributed by atoms with Gasteiger partial charge in [-0.3, -0.25) is 4.79 Å². The van der Waals surface area contributed by atoms with Crippen LogP contribution in [0.2, 0.25) is 0 Å². The SMILES string of the molecule is CCCCc1ccc(NC(=O)C(C)(C)C)c(Br)c1. The van der Waals surface area contributed by atoms with Crippen molar-refractivity contribution in [3.05, 3.63) is 28.2 Å². The third-order valence-corrected chi connectivity index (χ3v) is 3.44. The molecule has 0 unspecified atom stereocenters. The minimum Gasteiger partial charge on any atom is -0.325 e. The lowest BCUT2D eigenvalue weighted by Gasteiger charge is -2.18. The predicted molar refractivity (Wildman–Crippen MR) is 80.8 cm³/mol. The van der Waals surface area contributed by atoms with Crippen molar-refractivity contribution in [1.29, 1.82) is 0 Å². The van der Waals surface area contributed by atoms with E-state index in [0.717, 1.165) is 16.6 Å². The first kappa shape index (κ1) is 15.2. The molecule has 0 heterocycles. The van der Waals surface area contributed by atoms with E-state index < -0.39 is 0 Å². The number of benzene rings is 1. The molecule has 0 saturated heterocycles. The maximum absolute atomic E-state index is 11.9. The van der Waals surface area contributed by atoms with E-state index in [-0.39, 0.29) is 11.3 Å². The van der Waals surface area contributed by atoms with E-state index in [1.54, 1.807) is 0 Å². The molecule has 1 N–H and O–H groups in total. The van der Waals surface area contributed by atoms with Gasteiger partial charge in [0.15, 0.2) is 0 Å². The molecule has 0 bridgehead atoms. The molecule has 0 radical (unpaired) electrons. The van der Waals surface area contributed by atoms with E-state index in [1.165, 1.54) is 18.4 Å². The molecule has 1 aromatic carbocycles. The van der Waals surface area contributed by atoms with Crippen molar-refractivity contribution in [2.75, 3.05) is 5.32 Å². The highest BCUT2D eigenvalue weighted by molar-refractivity contribution is 9.10. The fourth-order valence-corrected chi connectivity index (χ4v) is 2.03. The number of hydrogen-bond donors (Lipinski definition) is 1. The summed E-state index contributed by atoms with van der Waals surface area (Å²) in [6, 6.07) is 6.14. The summed E-state index contributed by atoms with van der Waals surface area (Å²) in [7, 11) is 0. The summed E-state index contributed by atoms with van der Waals surface area (Å²) in [6.45, 7) is 7.91. The molecule has 2 nitrogen and oxygen atoms in total. The second-order valence-electron chi connectivity index (χ2n) is 5.62. The average molecular weight is 312 g/mol. The van der Waals surface area contributed by atoms with E-state index in [2.05, 4.69) is 40.3 Å². The minimum atomic E-state index is -0.375. The Hall–Kier alpha value is -0.830. The molecule has 0 spiro atoms. The molecule has 18 heavy (non-hydrogen) atoms. The number of rotatable bonds is 4. The summed E-state index contributed by atoms with van der Waals surface area (Å²) in [4.78, 5) is 11.9. The molecule has 100 valence electrons. The van der Waals surface area contributed by atoms with Gasteiger partial charge in [0, 0.05) is 9.89 Å². The summed E-state index contributed by atoms with van der Waals surface area (Å²) in [5.74, 6) is 0.0320. The van der Waals surface area contributed by atoms with Crippen LogP contribution in [-0.2, 0) is 11.2 Å². The summed E-state index contributed by atoms with van der Waals surface area (Å²) >= 11 is 3.52. The van der Waals surface area contributed by atoms with Crippen molar-refractivity contribution in [3.8, 4) is 0 Å². The number of anilines is 1. The normalized spacial score (nSPS) is 11.4. The molecule has 0 aliphatic rings.